The molecule has 1 aromatic carbocycles. The van der Waals surface area contributed by atoms with Crippen molar-refractivity contribution in [1.82, 2.24) is 10.3 Å². The van der Waals surface area contributed by atoms with E-state index >= 15 is 0 Å². The molecule has 1 aromatic heterocycles. The number of nitrogens with one attached hydrogen (secondary N) is 1. The second kappa shape index (κ2) is 7.92. The molecular formula is C18H21N3OS. The summed E-state index contributed by atoms with van der Waals surface area (Å²) >= 11 is 1.68. The highest BCUT2D eigenvalue weighted by molar-refractivity contribution is 7.13. The Morgan fingerprint density at radius 2 is 2.26 bits per heavy atom. The predicted molar refractivity (Wildman–Crippen MR) is 95.5 cm³/mol. The lowest BCUT2D eigenvalue weighted by atomic mass is 9.98. The van der Waals surface area contributed by atoms with Crippen LogP contribution in [0.25, 0.3) is 6.08 Å². The standard InChI is InChI=1S/C18H21N3OS/c22-17(9-8-15-5-2-1-3-6-15)20-13-16-7-4-11-21(14-16)18-19-10-12-23-18/h1-3,5-6,8-10,12,16H,4,7,11,13-14H2,(H,20,22). The molecular weight excluding hydrogens is 306 g/mol. The molecule has 1 fully saturated rings. The maximum atomic E-state index is 11.9. The van der Waals surface area contributed by atoms with Crippen LogP contribution in [-0.2, 0) is 4.79 Å². The minimum atomic E-state index is -0.0276. The van der Waals surface area contributed by atoms with Crippen LogP contribution < -0.4 is 10.2 Å². The van der Waals surface area contributed by atoms with Gasteiger partial charge in [-0.15, -0.1) is 11.3 Å². The van der Waals surface area contributed by atoms with E-state index < -0.39 is 0 Å². The number of benzene rings is 1. The predicted octanol–water partition coefficient (Wildman–Crippen LogP) is 3.19. The second-order valence-electron chi connectivity index (χ2n) is 5.76. The zero-order chi connectivity index (χ0) is 15.9. The molecule has 0 spiro atoms. The Morgan fingerprint density at radius 1 is 1.39 bits per heavy atom. The van der Waals surface area contributed by atoms with E-state index in [-0.39, 0.29) is 5.91 Å². The van der Waals surface area contributed by atoms with Gasteiger partial charge in [-0.25, -0.2) is 4.98 Å². The summed E-state index contributed by atoms with van der Waals surface area (Å²) in [5.74, 6) is 0.460. The highest BCUT2D eigenvalue weighted by Gasteiger charge is 2.21. The molecule has 1 aliphatic heterocycles. The van der Waals surface area contributed by atoms with Gasteiger partial charge in [0.25, 0.3) is 0 Å². The van der Waals surface area contributed by atoms with Crippen molar-refractivity contribution in [3.8, 4) is 0 Å². The number of nitrogens with zero attached hydrogens (tertiary/aromatic N) is 2. The van der Waals surface area contributed by atoms with Crippen LogP contribution in [0.4, 0.5) is 5.13 Å². The van der Waals surface area contributed by atoms with Crippen LogP contribution >= 0.6 is 11.3 Å². The molecule has 1 aliphatic rings. The van der Waals surface area contributed by atoms with Crippen LogP contribution in [0, 0.1) is 5.92 Å². The number of rotatable bonds is 5. The van der Waals surface area contributed by atoms with Crippen LogP contribution in [0.3, 0.4) is 0 Å². The third-order valence-corrected chi connectivity index (χ3v) is 4.83. The van der Waals surface area contributed by atoms with Gasteiger partial charge in [0, 0.05) is 37.3 Å². The van der Waals surface area contributed by atoms with E-state index in [1.165, 1.54) is 0 Å². The second-order valence-corrected chi connectivity index (χ2v) is 6.63. The molecule has 0 saturated carbocycles. The molecule has 3 rings (SSSR count). The Bertz CT molecular complexity index is 640. The quantitative estimate of drug-likeness (QED) is 0.858. The molecule has 2 heterocycles. The first-order valence-corrected chi connectivity index (χ1v) is 8.84. The SMILES string of the molecule is O=C(C=Cc1ccccc1)NCC1CCCN(c2nccs2)C1. The molecule has 4 nitrogen and oxygen atoms in total. The topological polar surface area (TPSA) is 45.2 Å². The fourth-order valence-electron chi connectivity index (χ4n) is 2.82. The van der Waals surface area contributed by atoms with Crippen molar-refractivity contribution < 1.29 is 4.79 Å². The molecule has 1 unspecified atom stereocenters. The van der Waals surface area contributed by atoms with Crippen LogP contribution in [-0.4, -0.2) is 30.5 Å². The van der Waals surface area contributed by atoms with Gasteiger partial charge in [-0.2, -0.15) is 0 Å². The van der Waals surface area contributed by atoms with Crippen LogP contribution in [0.1, 0.15) is 18.4 Å². The van der Waals surface area contributed by atoms with Crippen LogP contribution in [0.5, 0.6) is 0 Å². The van der Waals surface area contributed by atoms with E-state index in [0.717, 1.165) is 43.2 Å². The van der Waals surface area contributed by atoms with Crippen molar-refractivity contribution in [3.05, 3.63) is 53.5 Å². The van der Waals surface area contributed by atoms with Gasteiger partial charge >= 0.3 is 0 Å². The number of amides is 1. The highest BCUT2D eigenvalue weighted by atomic mass is 32.1. The zero-order valence-electron chi connectivity index (χ0n) is 13.0. The van der Waals surface area contributed by atoms with E-state index in [4.69, 9.17) is 0 Å². The lowest BCUT2D eigenvalue weighted by Crippen LogP contribution is -2.40. The van der Waals surface area contributed by atoms with Gasteiger partial charge in [-0.1, -0.05) is 30.3 Å². The normalized spacial score (nSPS) is 18.3. The van der Waals surface area contributed by atoms with Crippen molar-refractivity contribution in [3.63, 3.8) is 0 Å². The largest absolute Gasteiger partial charge is 0.352 e. The van der Waals surface area contributed by atoms with Crippen molar-refractivity contribution in [2.75, 3.05) is 24.5 Å². The third-order valence-electron chi connectivity index (χ3n) is 4.00. The Hall–Kier alpha value is -2.14. The van der Waals surface area contributed by atoms with Crippen molar-refractivity contribution in [2.24, 2.45) is 5.92 Å². The maximum absolute atomic E-state index is 11.9. The molecule has 1 atom stereocenters. The van der Waals surface area contributed by atoms with Crippen LogP contribution in [0.2, 0.25) is 0 Å². The van der Waals surface area contributed by atoms with Gasteiger partial charge in [0.15, 0.2) is 5.13 Å². The fraction of sp³-hybridized carbons (Fsp3) is 0.333. The first kappa shape index (κ1) is 15.7. The Labute approximate surface area is 140 Å². The molecule has 0 aliphatic carbocycles. The molecule has 0 bridgehead atoms. The van der Waals surface area contributed by atoms with E-state index in [0.29, 0.717) is 5.92 Å². The monoisotopic (exact) mass is 327 g/mol. The molecule has 2 aromatic rings. The average molecular weight is 327 g/mol. The first-order chi connectivity index (χ1) is 11.3. The Kier molecular flexibility index (Phi) is 5.42. The van der Waals surface area contributed by atoms with Gasteiger partial charge in [0.1, 0.15) is 0 Å². The smallest absolute Gasteiger partial charge is 0.244 e. The highest BCUT2D eigenvalue weighted by Crippen LogP contribution is 2.24. The van der Waals surface area contributed by atoms with Gasteiger partial charge in [0.2, 0.25) is 5.91 Å². The number of anilines is 1. The molecule has 1 saturated heterocycles. The van der Waals surface area contributed by atoms with E-state index in [1.807, 2.05) is 48.0 Å². The summed E-state index contributed by atoms with van der Waals surface area (Å²) in [7, 11) is 0. The lowest BCUT2D eigenvalue weighted by Gasteiger charge is -2.32. The minimum Gasteiger partial charge on any atom is -0.352 e. The summed E-state index contributed by atoms with van der Waals surface area (Å²) in [5, 5.41) is 6.12. The number of aromatic nitrogens is 1. The summed E-state index contributed by atoms with van der Waals surface area (Å²) in [6, 6.07) is 9.86. The lowest BCUT2D eigenvalue weighted by molar-refractivity contribution is -0.116. The summed E-state index contributed by atoms with van der Waals surface area (Å²) in [6.07, 6.45) is 7.61. The van der Waals surface area contributed by atoms with Gasteiger partial charge in [0.05, 0.1) is 0 Å². The van der Waals surface area contributed by atoms with E-state index in [1.54, 1.807) is 17.4 Å². The molecule has 120 valence electrons. The van der Waals surface area contributed by atoms with Gasteiger partial charge in [-0.3, -0.25) is 4.79 Å². The molecule has 1 amide bonds. The summed E-state index contributed by atoms with van der Waals surface area (Å²) < 4.78 is 0. The first-order valence-electron chi connectivity index (χ1n) is 7.96. The number of thiazole rings is 1. The van der Waals surface area contributed by atoms with Gasteiger partial charge in [-0.05, 0) is 30.4 Å². The van der Waals surface area contributed by atoms with Gasteiger partial charge < -0.3 is 10.2 Å². The zero-order valence-corrected chi connectivity index (χ0v) is 13.8. The van der Waals surface area contributed by atoms with Crippen molar-refractivity contribution in [1.29, 1.82) is 0 Å². The molecule has 23 heavy (non-hydrogen) atoms. The van der Waals surface area contributed by atoms with E-state index in [2.05, 4.69) is 15.2 Å². The molecule has 0 radical (unpaired) electrons. The molecule has 5 heteroatoms. The third kappa shape index (κ3) is 4.66. The fourth-order valence-corrected chi connectivity index (χ4v) is 3.50. The van der Waals surface area contributed by atoms with Crippen molar-refractivity contribution >= 4 is 28.5 Å². The summed E-state index contributed by atoms with van der Waals surface area (Å²) in [4.78, 5) is 18.7. The number of carbonyl (C=O) groups is 1. The Balaban J connectivity index is 1.46. The van der Waals surface area contributed by atoms with Crippen LogP contribution in [0.15, 0.2) is 48.0 Å². The number of piperidine rings is 1. The number of hydrogen-bond acceptors (Lipinski definition) is 4. The summed E-state index contributed by atoms with van der Waals surface area (Å²) in [5.41, 5.74) is 1.04. The average Bonchev–Trinajstić information content (AvgIpc) is 3.14. The number of hydrogen-bond donors (Lipinski definition) is 1. The number of carbonyl (C=O) groups excluding carboxylic acids is 1. The van der Waals surface area contributed by atoms with E-state index in [9.17, 15) is 4.79 Å². The minimum absolute atomic E-state index is 0.0276. The Morgan fingerprint density at radius 3 is 3.04 bits per heavy atom. The summed E-state index contributed by atoms with van der Waals surface area (Å²) in [6.45, 7) is 2.75. The molecule has 1 N–H and O–H groups in total. The van der Waals surface area contributed by atoms with Crippen molar-refractivity contribution in [2.45, 2.75) is 12.8 Å². The maximum Gasteiger partial charge on any atom is 0.244 e.